The molecule has 0 spiro atoms. The topological polar surface area (TPSA) is 17.1 Å². The third-order valence-electron chi connectivity index (χ3n) is 1.86. The molecule has 0 bridgehead atoms. The normalized spacial score (nSPS) is 11.5. The fourth-order valence-electron chi connectivity index (χ4n) is 1.07. The van der Waals surface area contributed by atoms with Crippen molar-refractivity contribution in [1.29, 1.82) is 0 Å². The van der Waals surface area contributed by atoms with E-state index >= 15 is 0 Å². The van der Waals surface area contributed by atoms with Crippen LogP contribution in [0.5, 0.6) is 0 Å². The minimum absolute atomic E-state index is 0.0662. The molecule has 0 N–H and O–H groups in total. The van der Waals surface area contributed by atoms with E-state index in [1.165, 1.54) is 19.1 Å². The molecule has 1 aromatic carbocycles. The van der Waals surface area contributed by atoms with Crippen molar-refractivity contribution in [2.24, 2.45) is 0 Å². The van der Waals surface area contributed by atoms with Crippen molar-refractivity contribution in [3.05, 3.63) is 34.3 Å². The first-order valence-electron chi connectivity index (χ1n) is 4.01. The van der Waals surface area contributed by atoms with Crippen LogP contribution in [0.4, 0.5) is 8.78 Å². The molecule has 4 heteroatoms. The second kappa shape index (κ2) is 3.65. The van der Waals surface area contributed by atoms with E-state index < -0.39 is 5.92 Å². The van der Waals surface area contributed by atoms with Gasteiger partial charge in [0.25, 0.3) is 5.92 Å². The zero-order valence-corrected chi connectivity index (χ0v) is 8.53. The largest absolute Gasteiger partial charge is 0.294 e. The highest BCUT2D eigenvalue weighted by atomic mass is 35.5. The number of alkyl halides is 2. The summed E-state index contributed by atoms with van der Waals surface area (Å²) < 4.78 is 25.6. The number of halogens is 3. The van der Waals surface area contributed by atoms with Gasteiger partial charge < -0.3 is 0 Å². The zero-order chi connectivity index (χ0) is 10.9. The monoisotopic (exact) mass is 218 g/mol. The molecule has 0 radical (unpaired) electrons. The van der Waals surface area contributed by atoms with Crippen LogP contribution in [-0.2, 0) is 5.92 Å². The lowest BCUT2D eigenvalue weighted by atomic mass is 10.1. The average Bonchev–Trinajstić information content (AvgIpc) is 2.01. The van der Waals surface area contributed by atoms with Gasteiger partial charge in [0.15, 0.2) is 5.78 Å². The van der Waals surface area contributed by atoms with Crippen molar-refractivity contribution in [3.63, 3.8) is 0 Å². The van der Waals surface area contributed by atoms with Crippen LogP contribution in [0.3, 0.4) is 0 Å². The van der Waals surface area contributed by atoms with Crippen LogP contribution in [0.2, 0.25) is 5.02 Å². The van der Waals surface area contributed by atoms with Gasteiger partial charge in [0, 0.05) is 18.1 Å². The Balaban J connectivity index is 3.20. The van der Waals surface area contributed by atoms with Gasteiger partial charge in [0.1, 0.15) is 0 Å². The second-order valence-corrected chi connectivity index (χ2v) is 3.55. The number of hydrogen-bond donors (Lipinski definition) is 0. The highest BCUT2D eigenvalue weighted by Gasteiger charge is 2.25. The highest BCUT2D eigenvalue weighted by Crippen LogP contribution is 2.30. The van der Waals surface area contributed by atoms with Crippen LogP contribution in [0, 0.1) is 0 Å². The fraction of sp³-hybridized carbons (Fsp3) is 0.300. The van der Waals surface area contributed by atoms with Crippen molar-refractivity contribution in [3.8, 4) is 0 Å². The molecule has 0 amide bonds. The lowest BCUT2D eigenvalue weighted by Gasteiger charge is -2.11. The highest BCUT2D eigenvalue weighted by molar-refractivity contribution is 6.33. The molecule has 0 atom stereocenters. The summed E-state index contributed by atoms with van der Waals surface area (Å²) >= 11 is 5.68. The summed E-state index contributed by atoms with van der Waals surface area (Å²) in [4.78, 5) is 11.0. The maximum atomic E-state index is 12.8. The van der Waals surface area contributed by atoms with E-state index in [0.29, 0.717) is 0 Å². The first-order chi connectivity index (χ1) is 6.32. The standard InChI is InChI=1S/C10H9ClF2O/c1-6(14)8-4-3-7(5-9(8)11)10(2,12)13/h3-5H,1-2H3. The molecule has 0 aliphatic carbocycles. The third kappa shape index (κ3) is 2.29. The minimum atomic E-state index is -2.93. The molecule has 1 nitrogen and oxygen atoms in total. The molecule has 1 rings (SSSR count). The second-order valence-electron chi connectivity index (χ2n) is 3.14. The molecule has 0 aliphatic rings. The quantitative estimate of drug-likeness (QED) is 0.693. The number of rotatable bonds is 2. The number of benzene rings is 1. The summed E-state index contributed by atoms with van der Waals surface area (Å²) in [5.74, 6) is -3.17. The summed E-state index contributed by atoms with van der Waals surface area (Å²) in [5.41, 5.74) is 0.0761. The van der Waals surface area contributed by atoms with Gasteiger partial charge in [-0.25, -0.2) is 8.78 Å². The van der Waals surface area contributed by atoms with E-state index in [0.717, 1.165) is 13.0 Å². The fourth-order valence-corrected chi connectivity index (χ4v) is 1.39. The van der Waals surface area contributed by atoms with Crippen molar-refractivity contribution >= 4 is 17.4 Å². The van der Waals surface area contributed by atoms with Gasteiger partial charge >= 0.3 is 0 Å². The van der Waals surface area contributed by atoms with Crippen LogP contribution >= 0.6 is 11.6 Å². The zero-order valence-electron chi connectivity index (χ0n) is 7.77. The first-order valence-corrected chi connectivity index (χ1v) is 4.39. The predicted octanol–water partition coefficient (Wildman–Crippen LogP) is 3.65. The Morgan fingerprint density at radius 2 is 2.00 bits per heavy atom. The van der Waals surface area contributed by atoms with Crippen molar-refractivity contribution in [2.75, 3.05) is 0 Å². The molecular weight excluding hydrogens is 210 g/mol. The molecule has 0 unspecified atom stereocenters. The van der Waals surface area contributed by atoms with Gasteiger partial charge in [-0.2, -0.15) is 0 Å². The molecule has 0 aromatic heterocycles. The summed E-state index contributed by atoms with van der Waals surface area (Å²) in [7, 11) is 0. The molecule has 14 heavy (non-hydrogen) atoms. The molecule has 0 saturated carbocycles. The Kier molecular flexibility index (Phi) is 2.90. The number of carbonyl (C=O) groups is 1. The molecule has 0 heterocycles. The summed E-state index contributed by atoms with van der Waals surface area (Å²) in [6.45, 7) is 2.12. The Labute approximate surface area is 85.7 Å². The minimum Gasteiger partial charge on any atom is -0.294 e. The van der Waals surface area contributed by atoms with Crippen molar-refractivity contribution in [1.82, 2.24) is 0 Å². The van der Waals surface area contributed by atoms with E-state index in [-0.39, 0.29) is 21.9 Å². The van der Waals surface area contributed by atoms with Crippen LogP contribution < -0.4 is 0 Å². The summed E-state index contributed by atoms with van der Waals surface area (Å²) in [6.07, 6.45) is 0. The van der Waals surface area contributed by atoms with Gasteiger partial charge in [-0.05, 0) is 19.1 Å². The molecule has 1 aromatic rings. The van der Waals surface area contributed by atoms with Gasteiger partial charge in [-0.3, -0.25) is 4.79 Å². The predicted molar refractivity (Wildman–Crippen MR) is 51.0 cm³/mol. The van der Waals surface area contributed by atoms with Crippen LogP contribution in [0.25, 0.3) is 0 Å². The number of hydrogen-bond acceptors (Lipinski definition) is 1. The molecule has 76 valence electrons. The van der Waals surface area contributed by atoms with Crippen molar-refractivity contribution in [2.45, 2.75) is 19.8 Å². The van der Waals surface area contributed by atoms with Gasteiger partial charge in [0.2, 0.25) is 0 Å². The van der Waals surface area contributed by atoms with Crippen LogP contribution in [-0.4, -0.2) is 5.78 Å². The maximum absolute atomic E-state index is 12.8. The summed E-state index contributed by atoms with van der Waals surface area (Å²) in [6, 6.07) is 3.65. The Hall–Kier alpha value is -0.960. The Morgan fingerprint density at radius 1 is 1.43 bits per heavy atom. The number of Topliss-reactive ketones (excluding diaryl/α,β-unsaturated/α-hetero) is 1. The maximum Gasteiger partial charge on any atom is 0.270 e. The van der Waals surface area contributed by atoms with E-state index in [1.54, 1.807) is 0 Å². The van der Waals surface area contributed by atoms with Gasteiger partial charge in [-0.1, -0.05) is 17.7 Å². The van der Waals surface area contributed by atoms with Gasteiger partial charge in [0.05, 0.1) is 5.02 Å². The smallest absolute Gasteiger partial charge is 0.270 e. The third-order valence-corrected chi connectivity index (χ3v) is 2.17. The lowest BCUT2D eigenvalue weighted by Crippen LogP contribution is -2.07. The van der Waals surface area contributed by atoms with E-state index in [9.17, 15) is 13.6 Å². The SMILES string of the molecule is CC(=O)c1ccc(C(C)(F)F)cc1Cl. The Bertz CT molecular complexity index is 369. The summed E-state index contributed by atoms with van der Waals surface area (Å²) in [5, 5.41) is 0.0662. The Morgan fingerprint density at radius 3 is 2.36 bits per heavy atom. The molecular formula is C10H9ClF2O. The van der Waals surface area contributed by atoms with E-state index in [2.05, 4.69) is 0 Å². The first kappa shape index (κ1) is 11.1. The number of ketones is 1. The van der Waals surface area contributed by atoms with Crippen LogP contribution in [0.1, 0.15) is 29.8 Å². The van der Waals surface area contributed by atoms with Crippen LogP contribution in [0.15, 0.2) is 18.2 Å². The molecule has 0 saturated heterocycles. The lowest BCUT2D eigenvalue weighted by molar-refractivity contribution is 0.0174. The number of carbonyl (C=O) groups excluding carboxylic acids is 1. The van der Waals surface area contributed by atoms with E-state index in [4.69, 9.17) is 11.6 Å². The van der Waals surface area contributed by atoms with Crippen molar-refractivity contribution < 1.29 is 13.6 Å². The molecule has 0 aliphatic heterocycles. The van der Waals surface area contributed by atoms with Gasteiger partial charge in [-0.15, -0.1) is 0 Å². The van der Waals surface area contributed by atoms with E-state index in [1.807, 2.05) is 0 Å². The average molecular weight is 219 g/mol. The molecule has 0 fully saturated rings.